The maximum atomic E-state index is 13.2. The molecule has 176 valence electrons. The number of hydrogen-bond acceptors (Lipinski definition) is 6. The molecule has 0 saturated carbocycles. The Hall–Kier alpha value is -3.18. The lowest BCUT2D eigenvalue weighted by molar-refractivity contribution is -0.133. The first-order valence-electron chi connectivity index (χ1n) is 10.5. The zero-order chi connectivity index (χ0) is 23.4. The minimum Gasteiger partial charge on any atom is -0.486 e. The first-order chi connectivity index (χ1) is 15.8. The summed E-state index contributed by atoms with van der Waals surface area (Å²) in [7, 11) is -3.75. The maximum Gasteiger partial charge on any atom is 0.243 e. The van der Waals surface area contributed by atoms with Gasteiger partial charge in [0.1, 0.15) is 19.0 Å². The highest BCUT2D eigenvalue weighted by Crippen LogP contribution is 2.33. The largest absolute Gasteiger partial charge is 0.486 e. The van der Waals surface area contributed by atoms with E-state index in [1.54, 1.807) is 12.1 Å². The van der Waals surface area contributed by atoms with Crippen LogP contribution in [0.25, 0.3) is 0 Å². The van der Waals surface area contributed by atoms with Crippen molar-refractivity contribution in [1.82, 2.24) is 14.5 Å². The quantitative estimate of drug-likeness (QED) is 0.660. The van der Waals surface area contributed by atoms with Crippen molar-refractivity contribution < 1.29 is 31.9 Å². The SMILES string of the molecule is O=C(Cc1cccc(F)c1)NCC(=O)N1CCN(S(=O)(=O)c2ccc3c(c2)OCCO3)CC1. The van der Waals surface area contributed by atoms with E-state index in [4.69, 9.17) is 9.47 Å². The van der Waals surface area contributed by atoms with Crippen LogP contribution in [0.3, 0.4) is 0 Å². The summed E-state index contributed by atoms with van der Waals surface area (Å²) in [4.78, 5) is 26.1. The molecule has 2 aromatic carbocycles. The van der Waals surface area contributed by atoms with Gasteiger partial charge in [-0.3, -0.25) is 9.59 Å². The van der Waals surface area contributed by atoms with E-state index < -0.39 is 21.7 Å². The first-order valence-corrected chi connectivity index (χ1v) is 12.0. The molecule has 1 saturated heterocycles. The Bertz CT molecular complexity index is 1150. The topological polar surface area (TPSA) is 105 Å². The zero-order valence-electron chi connectivity index (χ0n) is 17.8. The van der Waals surface area contributed by atoms with Gasteiger partial charge in [0.05, 0.1) is 17.9 Å². The van der Waals surface area contributed by atoms with Gasteiger partial charge in [-0.2, -0.15) is 4.31 Å². The number of carbonyl (C=O) groups excluding carboxylic acids is 2. The smallest absolute Gasteiger partial charge is 0.243 e. The molecule has 0 unspecified atom stereocenters. The van der Waals surface area contributed by atoms with Gasteiger partial charge in [-0.15, -0.1) is 0 Å². The van der Waals surface area contributed by atoms with Crippen molar-refractivity contribution in [2.45, 2.75) is 11.3 Å². The second-order valence-corrected chi connectivity index (χ2v) is 9.61. The normalized spacial score (nSPS) is 16.3. The molecule has 0 aliphatic carbocycles. The number of hydrogen-bond donors (Lipinski definition) is 1. The molecular formula is C22H24FN3O6S. The van der Waals surface area contributed by atoms with Crippen LogP contribution < -0.4 is 14.8 Å². The lowest BCUT2D eigenvalue weighted by atomic mass is 10.1. The van der Waals surface area contributed by atoms with Crippen LogP contribution in [0.1, 0.15) is 5.56 Å². The van der Waals surface area contributed by atoms with Crippen molar-refractivity contribution >= 4 is 21.8 Å². The molecule has 0 aromatic heterocycles. The van der Waals surface area contributed by atoms with E-state index in [0.29, 0.717) is 30.3 Å². The summed E-state index contributed by atoms with van der Waals surface area (Å²) in [6, 6.07) is 10.2. The number of piperazine rings is 1. The molecule has 9 nitrogen and oxygen atoms in total. The third-order valence-electron chi connectivity index (χ3n) is 5.43. The molecule has 0 spiro atoms. The average Bonchev–Trinajstić information content (AvgIpc) is 2.82. The predicted octanol–water partition coefficient (Wildman–Crippen LogP) is 0.789. The average molecular weight is 478 g/mol. The fourth-order valence-corrected chi connectivity index (χ4v) is 5.13. The van der Waals surface area contributed by atoms with Crippen molar-refractivity contribution in [2.24, 2.45) is 0 Å². The molecule has 33 heavy (non-hydrogen) atoms. The molecule has 1 N–H and O–H groups in total. The summed E-state index contributed by atoms with van der Waals surface area (Å²) in [5.74, 6) is -0.228. The molecular weight excluding hydrogens is 453 g/mol. The van der Waals surface area contributed by atoms with Crippen LogP contribution in [0.5, 0.6) is 11.5 Å². The van der Waals surface area contributed by atoms with E-state index in [-0.39, 0.29) is 49.9 Å². The summed E-state index contributed by atoms with van der Waals surface area (Å²) in [6.45, 7) is 1.27. The molecule has 2 amide bonds. The van der Waals surface area contributed by atoms with Crippen LogP contribution >= 0.6 is 0 Å². The molecule has 0 bridgehead atoms. The highest BCUT2D eigenvalue weighted by atomic mass is 32.2. The summed E-state index contributed by atoms with van der Waals surface area (Å²) in [5, 5.41) is 2.53. The van der Waals surface area contributed by atoms with Gasteiger partial charge in [-0.05, 0) is 29.8 Å². The Balaban J connectivity index is 1.28. The number of fused-ring (bicyclic) bond motifs is 1. The van der Waals surface area contributed by atoms with Gasteiger partial charge in [0.25, 0.3) is 0 Å². The number of nitrogens with zero attached hydrogens (tertiary/aromatic N) is 2. The minimum absolute atomic E-state index is 0.0351. The Morgan fingerprint density at radius 3 is 2.42 bits per heavy atom. The van der Waals surface area contributed by atoms with Gasteiger partial charge in [-0.1, -0.05) is 12.1 Å². The highest BCUT2D eigenvalue weighted by Gasteiger charge is 2.31. The fraction of sp³-hybridized carbons (Fsp3) is 0.364. The Morgan fingerprint density at radius 2 is 1.70 bits per heavy atom. The monoisotopic (exact) mass is 477 g/mol. The van der Waals surface area contributed by atoms with Crippen LogP contribution in [0, 0.1) is 5.82 Å². The Morgan fingerprint density at radius 1 is 0.970 bits per heavy atom. The summed E-state index contributed by atoms with van der Waals surface area (Å²) in [6.07, 6.45) is -0.0351. The molecule has 0 radical (unpaired) electrons. The van der Waals surface area contributed by atoms with Crippen molar-refractivity contribution in [3.8, 4) is 11.5 Å². The van der Waals surface area contributed by atoms with E-state index in [9.17, 15) is 22.4 Å². The molecule has 2 aliphatic rings. The Labute approximate surface area is 191 Å². The van der Waals surface area contributed by atoms with Crippen LogP contribution in [0.4, 0.5) is 4.39 Å². The Kier molecular flexibility index (Phi) is 6.80. The number of benzene rings is 2. The second-order valence-electron chi connectivity index (χ2n) is 7.67. The molecule has 2 aliphatic heterocycles. The fourth-order valence-electron chi connectivity index (χ4n) is 3.69. The van der Waals surface area contributed by atoms with Crippen LogP contribution in [-0.4, -0.2) is 75.4 Å². The van der Waals surface area contributed by atoms with Gasteiger partial charge in [0.15, 0.2) is 11.5 Å². The highest BCUT2D eigenvalue weighted by molar-refractivity contribution is 7.89. The number of sulfonamides is 1. The van der Waals surface area contributed by atoms with Gasteiger partial charge in [-0.25, -0.2) is 12.8 Å². The first kappa shape index (κ1) is 23.0. The van der Waals surface area contributed by atoms with E-state index in [1.807, 2.05) is 0 Å². The number of halogens is 1. The van der Waals surface area contributed by atoms with Crippen LogP contribution in [0.2, 0.25) is 0 Å². The maximum absolute atomic E-state index is 13.2. The van der Waals surface area contributed by atoms with E-state index in [0.717, 1.165) is 0 Å². The lowest BCUT2D eigenvalue weighted by Crippen LogP contribution is -2.52. The number of carbonyl (C=O) groups is 2. The molecule has 2 heterocycles. The van der Waals surface area contributed by atoms with E-state index in [1.165, 1.54) is 39.5 Å². The number of rotatable bonds is 6. The molecule has 1 fully saturated rings. The van der Waals surface area contributed by atoms with Crippen LogP contribution in [-0.2, 0) is 26.0 Å². The molecule has 2 aromatic rings. The summed E-state index contributed by atoms with van der Waals surface area (Å²) >= 11 is 0. The van der Waals surface area contributed by atoms with E-state index in [2.05, 4.69) is 5.32 Å². The standard InChI is InChI=1S/C22H24FN3O6S/c23-17-3-1-2-16(12-17)13-21(27)24-15-22(28)25-6-8-26(9-7-25)33(29,30)18-4-5-19-20(14-18)32-11-10-31-19/h1-5,12,14H,6-11,13,15H2,(H,24,27). The van der Waals surface area contributed by atoms with Gasteiger partial charge in [0, 0.05) is 32.2 Å². The number of nitrogens with one attached hydrogen (secondary N) is 1. The molecule has 0 atom stereocenters. The van der Waals surface area contributed by atoms with Crippen molar-refractivity contribution in [3.05, 3.63) is 53.8 Å². The molecule has 11 heteroatoms. The second kappa shape index (κ2) is 9.75. The summed E-state index contributed by atoms with van der Waals surface area (Å²) < 4.78 is 51.5. The third kappa shape index (κ3) is 5.42. The molecule has 4 rings (SSSR count). The van der Waals surface area contributed by atoms with Crippen LogP contribution in [0.15, 0.2) is 47.4 Å². The van der Waals surface area contributed by atoms with Gasteiger partial charge in [0.2, 0.25) is 21.8 Å². The lowest BCUT2D eigenvalue weighted by Gasteiger charge is -2.34. The van der Waals surface area contributed by atoms with Gasteiger partial charge >= 0.3 is 0 Å². The number of amides is 2. The number of ether oxygens (including phenoxy) is 2. The predicted molar refractivity (Wildman–Crippen MR) is 116 cm³/mol. The van der Waals surface area contributed by atoms with Crippen molar-refractivity contribution in [3.63, 3.8) is 0 Å². The van der Waals surface area contributed by atoms with Crippen molar-refractivity contribution in [2.75, 3.05) is 45.9 Å². The van der Waals surface area contributed by atoms with E-state index >= 15 is 0 Å². The third-order valence-corrected chi connectivity index (χ3v) is 7.33. The summed E-state index contributed by atoms with van der Waals surface area (Å²) in [5.41, 5.74) is 0.512. The van der Waals surface area contributed by atoms with Crippen molar-refractivity contribution in [1.29, 1.82) is 0 Å². The zero-order valence-corrected chi connectivity index (χ0v) is 18.6. The minimum atomic E-state index is -3.75. The van der Waals surface area contributed by atoms with Gasteiger partial charge < -0.3 is 19.7 Å².